The molecule has 0 unspecified atom stereocenters. The number of esters is 1. The van der Waals surface area contributed by atoms with Crippen LogP contribution in [0.1, 0.15) is 26.3 Å². The van der Waals surface area contributed by atoms with Gasteiger partial charge in [-0.05, 0) is 29.8 Å². The van der Waals surface area contributed by atoms with E-state index < -0.39 is 21.9 Å². The number of primary sulfonamides is 1. The highest BCUT2D eigenvalue weighted by molar-refractivity contribution is 7.89. The summed E-state index contributed by atoms with van der Waals surface area (Å²) in [5.41, 5.74) is 1.05. The van der Waals surface area contributed by atoms with Crippen molar-refractivity contribution in [2.45, 2.75) is 11.4 Å². The van der Waals surface area contributed by atoms with Gasteiger partial charge < -0.3 is 10.1 Å². The van der Waals surface area contributed by atoms with Crippen molar-refractivity contribution in [3.8, 4) is 0 Å². The Balaban J connectivity index is 2.10. The lowest BCUT2D eigenvalue weighted by atomic mass is 10.1. The van der Waals surface area contributed by atoms with Gasteiger partial charge in [-0.1, -0.05) is 24.3 Å². The van der Waals surface area contributed by atoms with Crippen molar-refractivity contribution in [1.82, 2.24) is 5.32 Å². The van der Waals surface area contributed by atoms with Crippen LogP contribution in [0, 0.1) is 0 Å². The van der Waals surface area contributed by atoms with E-state index in [9.17, 15) is 18.0 Å². The molecule has 0 aliphatic rings. The standard InChI is InChI=1S/C16H16N2O5S/c1-23-16(20)14-5-3-2-4-13(14)15(19)18-10-11-6-8-12(9-7-11)24(17,21)22/h2-9H,10H2,1H3,(H,18,19)(H2,17,21,22). The molecule has 0 bridgehead atoms. The van der Waals surface area contributed by atoms with Crippen molar-refractivity contribution in [3.05, 3.63) is 65.2 Å². The number of methoxy groups -OCH3 is 1. The average Bonchev–Trinajstić information content (AvgIpc) is 2.58. The van der Waals surface area contributed by atoms with Crippen molar-refractivity contribution < 1.29 is 22.7 Å². The number of carbonyl (C=O) groups excluding carboxylic acids is 2. The van der Waals surface area contributed by atoms with Gasteiger partial charge in [-0.3, -0.25) is 4.79 Å². The van der Waals surface area contributed by atoms with Gasteiger partial charge in [-0.2, -0.15) is 0 Å². The van der Waals surface area contributed by atoms with E-state index >= 15 is 0 Å². The van der Waals surface area contributed by atoms with Crippen molar-refractivity contribution in [2.75, 3.05) is 7.11 Å². The second kappa shape index (κ2) is 7.24. The van der Waals surface area contributed by atoms with E-state index in [1.165, 1.54) is 31.4 Å². The Morgan fingerprint density at radius 3 is 2.17 bits per heavy atom. The summed E-state index contributed by atoms with van der Waals surface area (Å²) < 4.78 is 27.0. The fourth-order valence-corrected chi connectivity index (χ4v) is 2.56. The zero-order chi connectivity index (χ0) is 17.7. The van der Waals surface area contributed by atoms with Crippen LogP contribution in [0.15, 0.2) is 53.4 Å². The number of nitrogens with one attached hydrogen (secondary N) is 1. The van der Waals surface area contributed by atoms with Crippen molar-refractivity contribution in [3.63, 3.8) is 0 Å². The van der Waals surface area contributed by atoms with Crippen LogP contribution in [0.3, 0.4) is 0 Å². The lowest BCUT2D eigenvalue weighted by molar-refractivity contribution is 0.0596. The van der Waals surface area contributed by atoms with Gasteiger partial charge in [0.2, 0.25) is 10.0 Å². The number of hydrogen-bond acceptors (Lipinski definition) is 5. The average molecular weight is 348 g/mol. The van der Waals surface area contributed by atoms with Crippen molar-refractivity contribution >= 4 is 21.9 Å². The molecule has 0 spiro atoms. The first kappa shape index (κ1) is 17.6. The Morgan fingerprint density at radius 2 is 1.62 bits per heavy atom. The molecule has 2 aromatic carbocycles. The number of rotatable bonds is 5. The van der Waals surface area contributed by atoms with Gasteiger partial charge in [-0.25, -0.2) is 18.4 Å². The first-order valence-electron chi connectivity index (χ1n) is 6.90. The topological polar surface area (TPSA) is 116 Å². The van der Waals surface area contributed by atoms with E-state index in [2.05, 4.69) is 10.1 Å². The molecule has 7 nitrogen and oxygen atoms in total. The van der Waals surface area contributed by atoms with Crippen LogP contribution >= 0.6 is 0 Å². The predicted molar refractivity (Wildman–Crippen MR) is 86.8 cm³/mol. The highest BCUT2D eigenvalue weighted by atomic mass is 32.2. The van der Waals surface area contributed by atoms with Crippen LogP contribution in [0.2, 0.25) is 0 Å². The largest absolute Gasteiger partial charge is 0.465 e. The minimum atomic E-state index is -3.75. The first-order chi connectivity index (χ1) is 11.3. The van der Waals surface area contributed by atoms with Gasteiger partial charge in [0, 0.05) is 6.54 Å². The molecule has 0 radical (unpaired) electrons. The lowest BCUT2D eigenvalue weighted by Gasteiger charge is -2.09. The summed E-state index contributed by atoms with van der Waals surface area (Å²) in [5.74, 6) is -1.04. The monoisotopic (exact) mass is 348 g/mol. The molecule has 3 N–H and O–H groups in total. The summed E-state index contributed by atoms with van der Waals surface area (Å²) in [5, 5.41) is 7.69. The van der Waals surface area contributed by atoms with Crippen LogP contribution in [-0.2, 0) is 21.3 Å². The van der Waals surface area contributed by atoms with E-state index in [-0.39, 0.29) is 22.6 Å². The molecule has 0 fully saturated rings. The second-order valence-corrected chi connectivity index (χ2v) is 6.47. The third-order valence-electron chi connectivity index (χ3n) is 3.28. The molecule has 0 saturated heterocycles. The number of nitrogens with two attached hydrogens (primary N) is 1. The molecular weight excluding hydrogens is 332 g/mol. The summed E-state index contributed by atoms with van der Waals surface area (Å²) in [6.45, 7) is 0.166. The van der Waals surface area contributed by atoms with E-state index in [1.807, 2.05) is 0 Å². The number of carbonyl (C=O) groups is 2. The van der Waals surface area contributed by atoms with Gasteiger partial charge in [0.25, 0.3) is 5.91 Å². The van der Waals surface area contributed by atoms with Gasteiger partial charge in [-0.15, -0.1) is 0 Å². The Bertz CT molecular complexity index is 860. The number of ether oxygens (including phenoxy) is 1. The third kappa shape index (κ3) is 4.18. The molecule has 0 heterocycles. The highest BCUT2D eigenvalue weighted by Crippen LogP contribution is 2.12. The minimum Gasteiger partial charge on any atom is -0.465 e. The maximum Gasteiger partial charge on any atom is 0.338 e. The second-order valence-electron chi connectivity index (χ2n) is 4.91. The molecule has 1 amide bonds. The Morgan fingerprint density at radius 1 is 1.04 bits per heavy atom. The van der Waals surface area contributed by atoms with Gasteiger partial charge >= 0.3 is 5.97 Å². The summed E-state index contributed by atoms with van der Waals surface area (Å²) in [6, 6.07) is 12.1. The summed E-state index contributed by atoms with van der Waals surface area (Å²) in [6.07, 6.45) is 0. The molecule has 0 saturated carbocycles. The number of sulfonamides is 1. The number of amides is 1. The summed E-state index contributed by atoms with van der Waals surface area (Å²) >= 11 is 0. The Labute approximate surface area is 139 Å². The molecule has 24 heavy (non-hydrogen) atoms. The Hall–Kier alpha value is -2.71. The maximum atomic E-state index is 12.3. The van der Waals surface area contributed by atoms with Crippen molar-refractivity contribution in [2.24, 2.45) is 5.14 Å². The van der Waals surface area contributed by atoms with Crippen LogP contribution in [-0.4, -0.2) is 27.4 Å². The smallest absolute Gasteiger partial charge is 0.338 e. The molecular formula is C16H16N2O5S. The SMILES string of the molecule is COC(=O)c1ccccc1C(=O)NCc1ccc(S(N)(=O)=O)cc1. The normalized spacial score (nSPS) is 10.9. The molecule has 8 heteroatoms. The van der Waals surface area contributed by atoms with Crippen LogP contribution in [0.25, 0.3) is 0 Å². The van der Waals surface area contributed by atoms with E-state index in [0.29, 0.717) is 5.56 Å². The highest BCUT2D eigenvalue weighted by Gasteiger charge is 2.16. The fourth-order valence-electron chi connectivity index (χ4n) is 2.04. The summed E-state index contributed by atoms with van der Waals surface area (Å²) in [7, 11) is -2.51. The molecule has 126 valence electrons. The van der Waals surface area contributed by atoms with Crippen molar-refractivity contribution in [1.29, 1.82) is 0 Å². The zero-order valence-corrected chi connectivity index (χ0v) is 13.7. The zero-order valence-electron chi connectivity index (χ0n) is 12.9. The maximum absolute atomic E-state index is 12.3. The predicted octanol–water partition coefficient (Wildman–Crippen LogP) is 1.05. The first-order valence-corrected chi connectivity index (χ1v) is 8.45. The van der Waals surface area contributed by atoms with Gasteiger partial charge in [0.15, 0.2) is 0 Å². The van der Waals surface area contributed by atoms with Crippen LogP contribution < -0.4 is 10.5 Å². The molecule has 0 aliphatic heterocycles. The molecule has 2 aromatic rings. The Kier molecular flexibility index (Phi) is 5.32. The van der Waals surface area contributed by atoms with Gasteiger partial charge in [0.1, 0.15) is 0 Å². The fraction of sp³-hybridized carbons (Fsp3) is 0.125. The van der Waals surface area contributed by atoms with E-state index in [1.54, 1.807) is 24.3 Å². The van der Waals surface area contributed by atoms with E-state index in [0.717, 1.165) is 0 Å². The molecule has 2 rings (SSSR count). The lowest BCUT2D eigenvalue weighted by Crippen LogP contribution is -2.25. The summed E-state index contributed by atoms with van der Waals surface area (Å²) in [4.78, 5) is 23.9. The molecule has 0 aliphatic carbocycles. The molecule has 0 atom stereocenters. The van der Waals surface area contributed by atoms with E-state index in [4.69, 9.17) is 5.14 Å². The third-order valence-corrected chi connectivity index (χ3v) is 4.21. The van der Waals surface area contributed by atoms with Crippen LogP contribution in [0.5, 0.6) is 0 Å². The number of hydrogen-bond donors (Lipinski definition) is 2. The quantitative estimate of drug-likeness (QED) is 0.784. The molecule has 0 aromatic heterocycles. The van der Waals surface area contributed by atoms with Crippen LogP contribution in [0.4, 0.5) is 0 Å². The minimum absolute atomic E-state index is 0.00591. The number of benzene rings is 2. The van der Waals surface area contributed by atoms with Gasteiger partial charge in [0.05, 0.1) is 23.1 Å².